The Morgan fingerprint density at radius 3 is 1.97 bits per heavy atom. The summed E-state index contributed by atoms with van der Waals surface area (Å²) in [5.74, 6) is -2.95. The fraction of sp³-hybridized carbons (Fsp3) is 0.556. The molecule has 4 bridgehead atoms. The first-order valence-corrected chi connectivity index (χ1v) is 22.1. The standard InChI is InChI=1S/C45H66N10O9/c1-4-5-6-7-8-9-10-11-38(56)49-21-16-39(57)50-22-17-40(58)52-29-41(59)55(3)42-32-13-15-37(64-25-20-48)34(28-32)33-26-31(12-14-36(33)63-24-19-47)27-35(44(61)51-23-18-46)54-43(60)30(2)53-45(42)62/h12-15,26,28,30,35,42H,4-11,16-17,19-25,27,29,47-48H2,1-3H3,(H,49,56)(H,50,57)(H,51,61)(H,52,58)(H,53,62)(H,54,60)/t30-,35?,42?/m0/s1. The molecule has 0 spiro atoms. The average molecular weight is 891 g/mol. The highest BCUT2D eigenvalue weighted by atomic mass is 16.5. The maximum absolute atomic E-state index is 14.2. The number of nitriles is 1. The van der Waals surface area contributed by atoms with Gasteiger partial charge >= 0.3 is 0 Å². The van der Waals surface area contributed by atoms with Crippen molar-refractivity contribution < 1.29 is 43.0 Å². The molecule has 1 aliphatic heterocycles. The van der Waals surface area contributed by atoms with E-state index in [0.717, 1.165) is 24.2 Å². The van der Waals surface area contributed by atoms with Crippen LogP contribution in [0, 0.1) is 11.3 Å². The van der Waals surface area contributed by atoms with Crippen LogP contribution in [0.3, 0.4) is 0 Å². The molecule has 64 heavy (non-hydrogen) atoms. The zero-order valence-electron chi connectivity index (χ0n) is 37.4. The Hall–Kier alpha value is -6.26. The summed E-state index contributed by atoms with van der Waals surface area (Å²) >= 11 is 0. The van der Waals surface area contributed by atoms with Crippen molar-refractivity contribution in [3.63, 3.8) is 0 Å². The molecule has 1 aliphatic rings. The third-order valence-electron chi connectivity index (χ3n) is 10.4. The van der Waals surface area contributed by atoms with Gasteiger partial charge in [-0.2, -0.15) is 5.26 Å². The van der Waals surface area contributed by atoms with Crippen LogP contribution in [0.1, 0.15) is 95.2 Å². The lowest BCUT2D eigenvalue weighted by Gasteiger charge is -2.30. The molecule has 0 fully saturated rings. The van der Waals surface area contributed by atoms with E-state index in [1.165, 1.54) is 39.7 Å². The first kappa shape index (κ1) is 52.1. The Kier molecular flexibility index (Phi) is 23.1. The van der Waals surface area contributed by atoms with Crippen molar-refractivity contribution in [2.24, 2.45) is 11.5 Å². The van der Waals surface area contributed by atoms with Crippen molar-refractivity contribution in [1.29, 1.82) is 5.26 Å². The lowest BCUT2D eigenvalue weighted by molar-refractivity contribution is -0.140. The number of nitrogens with one attached hydrogen (secondary N) is 6. The van der Waals surface area contributed by atoms with Crippen LogP contribution >= 0.6 is 0 Å². The number of nitrogens with zero attached hydrogens (tertiary/aromatic N) is 2. The van der Waals surface area contributed by atoms with Gasteiger partial charge in [-0.25, -0.2) is 0 Å². The Labute approximate surface area is 375 Å². The third-order valence-corrected chi connectivity index (χ3v) is 10.4. The molecule has 3 atom stereocenters. The van der Waals surface area contributed by atoms with Gasteiger partial charge in [0.25, 0.3) is 0 Å². The minimum Gasteiger partial charge on any atom is -0.492 e. The molecule has 0 aliphatic carbocycles. The molecule has 0 saturated carbocycles. The van der Waals surface area contributed by atoms with Gasteiger partial charge in [0.15, 0.2) is 0 Å². The third kappa shape index (κ3) is 17.5. The molecule has 2 unspecified atom stereocenters. The highest BCUT2D eigenvalue weighted by Gasteiger charge is 2.33. The lowest BCUT2D eigenvalue weighted by atomic mass is 9.93. The summed E-state index contributed by atoms with van der Waals surface area (Å²) in [6.45, 7) is 3.63. The molecule has 350 valence electrons. The van der Waals surface area contributed by atoms with Crippen LogP contribution in [-0.4, -0.2) is 118 Å². The zero-order chi connectivity index (χ0) is 46.9. The zero-order valence-corrected chi connectivity index (χ0v) is 37.4. The van der Waals surface area contributed by atoms with Crippen molar-refractivity contribution >= 4 is 41.4 Å². The van der Waals surface area contributed by atoms with Crippen LogP contribution in [0.4, 0.5) is 0 Å². The average Bonchev–Trinajstić information content (AvgIpc) is 3.28. The van der Waals surface area contributed by atoms with E-state index >= 15 is 0 Å². The first-order valence-electron chi connectivity index (χ1n) is 22.1. The maximum atomic E-state index is 14.2. The molecule has 7 amide bonds. The SMILES string of the molecule is CCCCCCCCCC(=O)NCCC(=O)NCCC(=O)NCC(=O)N(C)C1C(=O)N[C@@H](C)C(=O)NC(C(=O)NCC#N)Cc2ccc(OCCN)c(c2)-c2cc1ccc2OCCN. The predicted molar refractivity (Wildman–Crippen MR) is 239 cm³/mol. The molecule has 2 aromatic rings. The van der Waals surface area contributed by atoms with E-state index in [1.54, 1.807) is 36.4 Å². The Morgan fingerprint density at radius 2 is 1.34 bits per heavy atom. The highest BCUT2D eigenvalue weighted by molar-refractivity contribution is 5.96. The second-order valence-electron chi connectivity index (χ2n) is 15.5. The lowest BCUT2D eigenvalue weighted by Crippen LogP contribution is -2.55. The minimum absolute atomic E-state index is 0.00353. The normalized spacial score (nSPS) is 15.8. The Bertz CT molecular complexity index is 1940. The van der Waals surface area contributed by atoms with E-state index in [1.807, 2.05) is 6.07 Å². The number of nitrogens with two attached hydrogens (primary N) is 2. The first-order chi connectivity index (χ1) is 30.8. The summed E-state index contributed by atoms with van der Waals surface area (Å²) in [7, 11) is 1.38. The molecule has 19 heteroatoms. The van der Waals surface area contributed by atoms with Gasteiger partial charge < -0.3 is 57.7 Å². The second kappa shape index (κ2) is 28.4. The molecule has 2 aromatic carbocycles. The van der Waals surface area contributed by atoms with Crippen LogP contribution < -0.4 is 52.8 Å². The predicted octanol–water partition coefficient (Wildman–Crippen LogP) is 0.983. The van der Waals surface area contributed by atoms with Gasteiger partial charge in [-0.15, -0.1) is 0 Å². The molecular formula is C45H66N10O9. The summed E-state index contributed by atoms with van der Waals surface area (Å²) < 4.78 is 12.1. The Balaban J connectivity index is 1.77. The van der Waals surface area contributed by atoms with E-state index in [-0.39, 0.29) is 77.0 Å². The van der Waals surface area contributed by atoms with Crippen molar-refractivity contribution in [1.82, 2.24) is 36.8 Å². The molecule has 3 rings (SSSR count). The molecule has 0 saturated heterocycles. The fourth-order valence-corrected chi connectivity index (χ4v) is 6.91. The van der Waals surface area contributed by atoms with Crippen molar-refractivity contribution in [3.05, 3.63) is 47.5 Å². The number of unbranched alkanes of at least 4 members (excludes halogenated alkanes) is 6. The minimum atomic E-state index is -1.36. The van der Waals surface area contributed by atoms with Gasteiger partial charge in [-0.1, -0.05) is 57.6 Å². The number of likely N-dealkylation sites (N-methyl/N-ethyl adjacent to an activating group) is 1. The number of amides is 7. The van der Waals surface area contributed by atoms with Crippen LogP contribution in [-0.2, 0) is 40.0 Å². The summed E-state index contributed by atoms with van der Waals surface area (Å²) in [5.41, 5.74) is 13.4. The molecule has 1 heterocycles. The highest BCUT2D eigenvalue weighted by Crippen LogP contribution is 2.40. The van der Waals surface area contributed by atoms with E-state index in [2.05, 4.69) is 38.8 Å². The number of ether oxygens (including phenoxy) is 2. The van der Waals surface area contributed by atoms with Crippen LogP contribution in [0.5, 0.6) is 11.5 Å². The molecule has 0 aromatic heterocycles. The van der Waals surface area contributed by atoms with Gasteiger partial charge in [-0.3, -0.25) is 33.6 Å². The topological polar surface area (TPSA) is 289 Å². The quantitative estimate of drug-likeness (QED) is 0.0512. The molecule has 10 N–H and O–H groups in total. The number of carbonyl (C=O) groups excluding carboxylic acids is 7. The van der Waals surface area contributed by atoms with E-state index in [0.29, 0.717) is 40.2 Å². The summed E-state index contributed by atoms with van der Waals surface area (Å²) in [6.07, 6.45) is 8.04. The molecule has 19 nitrogen and oxygen atoms in total. The van der Waals surface area contributed by atoms with Crippen molar-refractivity contribution in [2.45, 2.75) is 103 Å². The Morgan fingerprint density at radius 1 is 0.766 bits per heavy atom. The van der Waals surface area contributed by atoms with Crippen molar-refractivity contribution in [2.75, 3.05) is 59.5 Å². The monoisotopic (exact) mass is 891 g/mol. The van der Waals surface area contributed by atoms with Crippen LogP contribution in [0.25, 0.3) is 11.1 Å². The van der Waals surface area contributed by atoms with Gasteiger partial charge in [0.1, 0.15) is 49.4 Å². The second-order valence-corrected chi connectivity index (χ2v) is 15.5. The van der Waals surface area contributed by atoms with E-state index < -0.39 is 54.2 Å². The van der Waals surface area contributed by atoms with Gasteiger partial charge in [0.05, 0.1) is 12.6 Å². The number of benzene rings is 2. The number of carbonyl (C=O) groups is 7. The maximum Gasteiger partial charge on any atom is 0.248 e. The number of rotatable bonds is 25. The van der Waals surface area contributed by atoms with Gasteiger partial charge in [0, 0.05) is 70.0 Å². The van der Waals surface area contributed by atoms with E-state index in [9.17, 15) is 33.6 Å². The summed E-state index contributed by atoms with van der Waals surface area (Å²) in [5, 5.41) is 24.8. The summed E-state index contributed by atoms with van der Waals surface area (Å²) in [4.78, 5) is 93.1. The van der Waals surface area contributed by atoms with Crippen LogP contribution in [0.2, 0.25) is 0 Å². The number of hydrogen-bond donors (Lipinski definition) is 8. The van der Waals surface area contributed by atoms with E-state index in [4.69, 9.17) is 26.2 Å². The van der Waals surface area contributed by atoms with Gasteiger partial charge in [-0.05, 0) is 48.7 Å². The summed E-state index contributed by atoms with van der Waals surface area (Å²) in [6, 6.07) is 8.20. The smallest absolute Gasteiger partial charge is 0.248 e. The number of fused-ring (bicyclic) bond motifs is 5. The van der Waals surface area contributed by atoms with Crippen molar-refractivity contribution in [3.8, 4) is 28.7 Å². The molecule has 0 radical (unpaired) electrons. The fourth-order valence-electron chi connectivity index (χ4n) is 6.91. The molecular weight excluding hydrogens is 825 g/mol. The van der Waals surface area contributed by atoms with Gasteiger partial charge in [0.2, 0.25) is 41.4 Å². The van der Waals surface area contributed by atoms with Crippen LogP contribution in [0.15, 0.2) is 36.4 Å². The number of hydrogen-bond acceptors (Lipinski definition) is 12. The largest absolute Gasteiger partial charge is 0.492 e.